The normalized spacial score (nSPS) is 12.8. The van der Waals surface area contributed by atoms with Gasteiger partial charge in [-0.05, 0) is 18.8 Å². The summed E-state index contributed by atoms with van der Waals surface area (Å²) in [6.45, 7) is 12.9. The van der Waals surface area contributed by atoms with Crippen molar-refractivity contribution in [1.82, 2.24) is 9.97 Å². The summed E-state index contributed by atoms with van der Waals surface area (Å²) in [7, 11) is 0. The highest BCUT2D eigenvalue weighted by Crippen LogP contribution is 2.30. The van der Waals surface area contributed by atoms with E-state index in [4.69, 9.17) is 11.6 Å². The minimum absolute atomic E-state index is 0.333. The standard InChI is InChI=1S/C14H24ClN3/c1-6-11(5)8-18(7-2)14-12(10(3)4)13(15)16-9-17-14/h9-11H,6-8H2,1-5H3. The lowest BCUT2D eigenvalue weighted by atomic mass is 10.0. The van der Waals surface area contributed by atoms with Gasteiger partial charge in [-0.25, -0.2) is 9.97 Å². The highest BCUT2D eigenvalue weighted by atomic mass is 35.5. The fourth-order valence-corrected chi connectivity index (χ4v) is 2.33. The molecular formula is C14H24ClN3. The van der Waals surface area contributed by atoms with Crippen molar-refractivity contribution in [2.24, 2.45) is 5.92 Å². The lowest BCUT2D eigenvalue weighted by Gasteiger charge is -2.28. The molecule has 0 aliphatic carbocycles. The lowest BCUT2D eigenvalue weighted by Crippen LogP contribution is -2.30. The van der Waals surface area contributed by atoms with Gasteiger partial charge in [-0.3, -0.25) is 0 Å². The number of nitrogens with zero attached hydrogens (tertiary/aromatic N) is 3. The van der Waals surface area contributed by atoms with Crippen LogP contribution in [0.1, 0.15) is 52.5 Å². The molecule has 3 nitrogen and oxygen atoms in total. The van der Waals surface area contributed by atoms with Crippen molar-refractivity contribution in [3.63, 3.8) is 0 Å². The average molecular weight is 270 g/mol. The summed E-state index contributed by atoms with van der Waals surface area (Å²) in [4.78, 5) is 10.9. The van der Waals surface area contributed by atoms with Gasteiger partial charge in [-0.1, -0.05) is 45.7 Å². The van der Waals surface area contributed by atoms with Gasteiger partial charge < -0.3 is 4.90 Å². The second-order valence-electron chi connectivity index (χ2n) is 5.11. The van der Waals surface area contributed by atoms with Gasteiger partial charge in [0.25, 0.3) is 0 Å². The Labute approximate surface area is 116 Å². The second kappa shape index (κ2) is 6.93. The number of hydrogen-bond donors (Lipinski definition) is 0. The van der Waals surface area contributed by atoms with Gasteiger partial charge in [-0.2, -0.15) is 0 Å². The van der Waals surface area contributed by atoms with Crippen molar-refractivity contribution in [3.05, 3.63) is 17.0 Å². The Balaban J connectivity index is 3.09. The van der Waals surface area contributed by atoms with Crippen LogP contribution in [0.3, 0.4) is 0 Å². The first kappa shape index (κ1) is 15.2. The Morgan fingerprint density at radius 2 is 1.89 bits per heavy atom. The molecule has 0 aromatic carbocycles. The number of hydrogen-bond acceptors (Lipinski definition) is 3. The Kier molecular flexibility index (Phi) is 5.86. The summed E-state index contributed by atoms with van der Waals surface area (Å²) >= 11 is 6.22. The molecule has 4 heteroatoms. The molecule has 102 valence electrons. The van der Waals surface area contributed by atoms with Crippen LogP contribution in [0.25, 0.3) is 0 Å². The summed E-state index contributed by atoms with van der Waals surface area (Å²) in [6, 6.07) is 0. The SMILES string of the molecule is CCC(C)CN(CC)c1ncnc(Cl)c1C(C)C. The monoisotopic (exact) mass is 269 g/mol. The van der Waals surface area contributed by atoms with Crippen LogP contribution in [-0.2, 0) is 0 Å². The molecule has 1 rings (SSSR count). The molecule has 0 fully saturated rings. The average Bonchev–Trinajstić information content (AvgIpc) is 2.34. The molecule has 0 saturated heterocycles. The van der Waals surface area contributed by atoms with Crippen LogP contribution in [0.5, 0.6) is 0 Å². The predicted molar refractivity (Wildman–Crippen MR) is 78.5 cm³/mol. The molecule has 1 unspecified atom stereocenters. The zero-order chi connectivity index (χ0) is 13.7. The van der Waals surface area contributed by atoms with E-state index in [9.17, 15) is 0 Å². The van der Waals surface area contributed by atoms with E-state index in [1.54, 1.807) is 6.33 Å². The van der Waals surface area contributed by atoms with E-state index >= 15 is 0 Å². The Morgan fingerprint density at radius 1 is 1.22 bits per heavy atom. The molecule has 18 heavy (non-hydrogen) atoms. The van der Waals surface area contributed by atoms with Crippen LogP contribution in [-0.4, -0.2) is 23.1 Å². The minimum Gasteiger partial charge on any atom is -0.356 e. The molecule has 1 heterocycles. The van der Waals surface area contributed by atoms with E-state index in [0.717, 1.165) is 24.5 Å². The van der Waals surface area contributed by atoms with E-state index in [-0.39, 0.29) is 0 Å². The first-order chi connectivity index (χ1) is 8.51. The largest absolute Gasteiger partial charge is 0.356 e. The Hall–Kier alpha value is -0.830. The van der Waals surface area contributed by atoms with Gasteiger partial charge in [0.15, 0.2) is 0 Å². The lowest BCUT2D eigenvalue weighted by molar-refractivity contribution is 0.543. The maximum atomic E-state index is 6.22. The molecule has 0 radical (unpaired) electrons. The van der Waals surface area contributed by atoms with E-state index in [2.05, 4.69) is 49.5 Å². The van der Waals surface area contributed by atoms with Crippen LogP contribution in [0.4, 0.5) is 5.82 Å². The third-order valence-corrected chi connectivity index (χ3v) is 3.60. The minimum atomic E-state index is 0.333. The van der Waals surface area contributed by atoms with E-state index in [1.807, 2.05) is 0 Å². The van der Waals surface area contributed by atoms with Crippen LogP contribution in [0, 0.1) is 5.92 Å². The number of halogens is 1. The van der Waals surface area contributed by atoms with Crippen molar-refractivity contribution in [2.45, 2.75) is 47.0 Å². The zero-order valence-corrected chi connectivity index (χ0v) is 12.8. The van der Waals surface area contributed by atoms with Crippen molar-refractivity contribution in [3.8, 4) is 0 Å². The van der Waals surface area contributed by atoms with E-state index in [0.29, 0.717) is 17.0 Å². The van der Waals surface area contributed by atoms with Gasteiger partial charge in [0, 0.05) is 18.7 Å². The summed E-state index contributed by atoms with van der Waals surface area (Å²) in [6.07, 6.45) is 2.73. The third-order valence-electron chi connectivity index (χ3n) is 3.30. The quantitative estimate of drug-likeness (QED) is 0.727. The molecule has 0 aliphatic rings. The summed E-state index contributed by atoms with van der Waals surface area (Å²) in [5, 5.41) is 0.581. The molecule has 0 saturated carbocycles. The fraction of sp³-hybridized carbons (Fsp3) is 0.714. The summed E-state index contributed by atoms with van der Waals surface area (Å²) in [5.74, 6) is 1.98. The Bertz CT molecular complexity index is 379. The fourth-order valence-electron chi connectivity index (χ4n) is 1.98. The molecule has 0 N–H and O–H groups in total. The van der Waals surface area contributed by atoms with Crippen LogP contribution in [0.15, 0.2) is 6.33 Å². The van der Waals surface area contributed by atoms with E-state index in [1.165, 1.54) is 6.42 Å². The molecule has 0 bridgehead atoms. The van der Waals surface area contributed by atoms with Crippen LogP contribution < -0.4 is 4.90 Å². The highest BCUT2D eigenvalue weighted by Gasteiger charge is 2.19. The van der Waals surface area contributed by atoms with Gasteiger partial charge in [0.05, 0.1) is 0 Å². The second-order valence-corrected chi connectivity index (χ2v) is 5.47. The number of aromatic nitrogens is 2. The predicted octanol–water partition coefficient (Wildman–Crippen LogP) is 4.13. The molecule has 1 aromatic heterocycles. The molecule has 1 aromatic rings. The highest BCUT2D eigenvalue weighted by molar-refractivity contribution is 6.30. The van der Waals surface area contributed by atoms with Crippen LogP contribution >= 0.6 is 11.6 Å². The van der Waals surface area contributed by atoms with Gasteiger partial charge in [0.2, 0.25) is 0 Å². The smallest absolute Gasteiger partial charge is 0.138 e. The first-order valence-electron chi connectivity index (χ1n) is 6.76. The zero-order valence-electron chi connectivity index (χ0n) is 12.1. The van der Waals surface area contributed by atoms with Crippen molar-refractivity contribution < 1.29 is 0 Å². The van der Waals surface area contributed by atoms with Crippen LogP contribution in [0.2, 0.25) is 5.15 Å². The molecular weight excluding hydrogens is 246 g/mol. The van der Waals surface area contributed by atoms with Crippen molar-refractivity contribution >= 4 is 17.4 Å². The number of rotatable bonds is 6. The van der Waals surface area contributed by atoms with Crippen molar-refractivity contribution in [2.75, 3.05) is 18.0 Å². The van der Waals surface area contributed by atoms with Crippen molar-refractivity contribution in [1.29, 1.82) is 0 Å². The van der Waals surface area contributed by atoms with E-state index < -0.39 is 0 Å². The van der Waals surface area contributed by atoms with Gasteiger partial charge >= 0.3 is 0 Å². The third kappa shape index (κ3) is 3.58. The Morgan fingerprint density at radius 3 is 2.39 bits per heavy atom. The maximum Gasteiger partial charge on any atom is 0.138 e. The van der Waals surface area contributed by atoms with Gasteiger partial charge in [-0.15, -0.1) is 0 Å². The first-order valence-corrected chi connectivity index (χ1v) is 7.14. The van der Waals surface area contributed by atoms with Gasteiger partial charge in [0.1, 0.15) is 17.3 Å². The topological polar surface area (TPSA) is 29.0 Å². The molecule has 0 spiro atoms. The molecule has 0 aliphatic heterocycles. The molecule has 1 atom stereocenters. The maximum absolute atomic E-state index is 6.22. The number of anilines is 1. The summed E-state index contributed by atoms with van der Waals surface area (Å²) < 4.78 is 0. The molecule has 0 amide bonds. The summed E-state index contributed by atoms with van der Waals surface area (Å²) in [5.41, 5.74) is 1.06.